The number of halogens is 1. The van der Waals surface area contributed by atoms with Gasteiger partial charge >= 0.3 is 5.97 Å². The molecular weight excluding hydrogens is 354 g/mol. The fraction of sp³-hybridized carbons (Fsp3) is 0.0500. The summed E-state index contributed by atoms with van der Waals surface area (Å²) in [5.74, 6) is -0.786. The summed E-state index contributed by atoms with van der Waals surface area (Å²) in [6.45, 7) is 0.0115. The van der Waals surface area contributed by atoms with E-state index in [2.05, 4.69) is 0 Å². The number of hydrogen-bond donors (Lipinski definition) is 0. The van der Waals surface area contributed by atoms with Crippen molar-refractivity contribution in [3.8, 4) is 11.1 Å². The average Bonchev–Trinajstić information content (AvgIpc) is 2.67. The van der Waals surface area contributed by atoms with Crippen LogP contribution in [0.15, 0.2) is 72.8 Å². The highest BCUT2D eigenvalue weighted by atomic mass is 35.5. The van der Waals surface area contributed by atoms with Gasteiger partial charge in [-0.05, 0) is 28.8 Å². The Morgan fingerprint density at radius 3 is 2.27 bits per heavy atom. The van der Waals surface area contributed by atoms with Gasteiger partial charge in [0.2, 0.25) is 0 Å². The van der Waals surface area contributed by atoms with Crippen molar-refractivity contribution < 1.29 is 14.5 Å². The lowest BCUT2D eigenvalue weighted by atomic mass is 10.0. The third-order valence-corrected chi connectivity index (χ3v) is 4.04. The Balaban J connectivity index is 1.70. The first kappa shape index (κ1) is 17.6. The lowest BCUT2D eigenvalue weighted by Crippen LogP contribution is -2.08. The third kappa shape index (κ3) is 4.07. The van der Waals surface area contributed by atoms with Crippen LogP contribution in [0.1, 0.15) is 15.9 Å². The molecule has 0 aliphatic carbocycles. The van der Waals surface area contributed by atoms with Crippen molar-refractivity contribution in [3.63, 3.8) is 0 Å². The Labute approximate surface area is 155 Å². The number of nitro benzene ring substituents is 1. The normalized spacial score (nSPS) is 10.3. The van der Waals surface area contributed by atoms with E-state index in [0.717, 1.165) is 16.7 Å². The summed E-state index contributed by atoms with van der Waals surface area (Å²) in [5.41, 5.74) is 2.42. The van der Waals surface area contributed by atoms with E-state index < -0.39 is 10.9 Å². The minimum atomic E-state index is -0.786. The summed E-state index contributed by atoms with van der Waals surface area (Å²) < 4.78 is 5.20. The molecule has 0 radical (unpaired) electrons. The molecule has 6 heteroatoms. The molecule has 0 aliphatic rings. The predicted octanol–water partition coefficient (Wildman–Crippen LogP) is 5.27. The Morgan fingerprint density at radius 2 is 1.62 bits per heavy atom. The summed E-state index contributed by atoms with van der Waals surface area (Å²) in [6, 6.07) is 21.2. The van der Waals surface area contributed by atoms with Crippen molar-refractivity contribution in [1.82, 2.24) is 0 Å². The first-order valence-corrected chi connectivity index (χ1v) is 8.18. The topological polar surface area (TPSA) is 69.4 Å². The summed E-state index contributed by atoms with van der Waals surface area (Å²) in [6.07, 6.45) is 0. The predicted molar refractivity (Wildman–Crippen MR) is 99.1 cm³/mol. The Hall–Kier alpha value is -3.18. The maximum atomic E-state index is 12.2. The number of nitrogens with zero attached hydrogens (tertiary/aromatic N) is 1. The molecule has 0 spiro atoms. The number of ether oxygens (including phenoxy) is 1. The van der Waals surface area contributed by atoms with Crippen LogP contribution < -0.4 is 0 Å². The number of esters is 1. The van der Waals surface area contributed by atoms with E-state index in [1.54, 1.807) is 0 Å². The van der Waals surface area contributed by atoms with Crippen molar-refractivity contribution >= 4 is 23.3 Å². The van der Waals surface area contributed by atoms with Gasteiger partial charge in [-0.15, -0.1) is 0 Å². The first-order valence-electron chi connectivity index (χ1n) is 7.80. The largest absolute Gasteiger partial charge is 0.457 e. The average molecular weight is 368 g/mol. The molecule has 0 fully saturated rings. The molecule has 26 heavy (non-hydrogen) atoms. The molecule has 3 rings (SSSR count). The van der Waals surface area contributed by atoms with Gasteiger partial charge in [0.1, 0.15) is 12.2 Å². The molecule has 0 aromatic heterocycles. The highest BCUT2D eigenvalue weighted by Crippen LogP contribution is 2.24. The number of hydrogen-bond acceptors (Lipinski definition) is 4. The van der Waals surface area contributed by atoms with Crippen LogP contribution in [0.2, 0.25) is 5.02 Å². The second kappa shape index (κ2) is 7.80. The van der Waals surface area contributed by atoms with Crippen molar-refractivity contribution in [2.75, 3.05) is 0 Å². The van der Waals surface area contributed by atoms with E-state index in [0.29, 0.717) is 0 Å². The van der Waals surface area contributed by atoms with Crippen LogP contribution in [0, 0.1) is 10.1 Å². The van der Waals surface area contributed by atoms with E-state index in [1.165, 1.54) is 18.2 Å². The quantitative estimate of drug-likeness (QED) is 0.350. The molecular formula is C20H14ClNO4. The van der Waals surface area contributed by atoms with Crippen LogP contribution >= 0.6 is 11.6 Å². The van der Waals surface area contributed by atoms with E-state index in [1.807, 2.05) is 54.6 Å². The molecule has 0 unspecified atom stereocenters. The van der Waals surface area contributed by atoms with Crippen LogP contribution in [-0.4, -0.2) is 10.9 Å². The molecule has 0 aliphatic heterocycles. The van der Waals surface area contributed by atoms with E-state index >= 15 is 0 Å². The molecule has 0 bridgehead atoms. The van der Waals surface area contributed by atoms with Gasteiger partial charge in [-0.1, -0.05) is 66.2 Å². The minimum Gasteiger partial charge on any atom is -0.457 e. The van der Waals surface area contributed by atoms with Gasteiger partial charge in [-0.3, -0.25) is 10.1 Å². The molecule has 0 saturated heterocycles. The molecule has 0 amide bonds. The van der Waals surface area contributed by atoms with Gasteiger partial charge in [0.05, 0.1) is 4.92 Å². The zero-order valence-electron chi connectivity index (χ0n) is 13.6. The van der Waals surface area contributed by atoms with Gasteiger partial charge in [-0.25, -0.2) is 4.79 Å². The fourth-order valence-corrected chi connectivity index (χ4v) is 2.65. The van der Waals surface area contributed by atoms with Crippen LogP contribution in [0.4, 0.5) is 5.69 Å². The van der Waals surface area contributed by atoms with Gasteiger partial charge in [0.15, 0.2) is 0 Å². The summed E-state index contributed by atoms with van der Waals surface area (Å²) in [5, 5.41) is 11.3. The van der Waals surface area contributed by atoms with Gasteiger partial charge in [0.25, 0.3) is 5.69 Å². The van der Waals surface area contributed by atoms with E-state index in [4.69, 9.17) is 16.3 Å². The van der Waals surface area contributed by atoms with Crippen LogP contribution in [0.5, 0.6) is 0 Å². The SMILES string of the molecule is O=C(OCc1ccc(-c2ccccc2)cc1)c1cc(Cl)ccc1[N+](=O)[O-]. The van der Waals surface area contributed by atoms with Crippen LogP contribution in [-0.2, 0) is 11.3 Å². The van der Waals surface area contributed by atoms with Crippen LogP contribution in [0.3, 0.4) is 0 Å². The van der Waals surface area contributed by atoms with E-state index in [-0.39, 0.29) is 22.9 Å². The summed E-state index contributed by atoms with van der Waals surface area (Å²) in [4.78, 5) is 22.6. The molecule has 130 valence electrons. The molecule has 0 saturated carbocycles. The molecule has 0 atom stereocenters. The van der Waals surface area contributed by atoms with E-state index in [9.17, 15) is 14.9 Å². The molecule has 5 nitrogen and oxygen atoms in total. The monoisotopic (exact) mass is 367 g/mol. The maximum absolute atomic E-state index is 12.2. The van der Waals surface area contributed by atoms with Gasteiger partial charge < -0.3 is 4.74 Å². The molecule has 3 aromatic carbocycles. The van der Waals surface area contributed by atoms with Crippen molar-refractivity contribution in [1.29, 1.82) is 0 Å². The molecule has 0 N–H and O–H groups in total. The molecule has 0 heterocycles. The second-order valence-corrected chi connectivity index (χ2v) is 5.99. The number of nitro groups is 1. The lowest BCUT2D eigenvalue weighted by molar-refractivity contribution is -0.385. The smallest absolute Gasteiger partial charge is 0.345 e. The van der Waals surface area contributed by atoms with Crippen molar-refractivity contribution in [3.05, 3.63) is 99.1 Å². The second-order valence-electron chi connectivity index (χ2n) is 5.56. The fourth-order valence-electron chi connectivity index (χ4n) is 2.48. The highest BCUT2D eigenvalue weighted by Gasteiger charge is 2.21. The summed E-state index contributed by atoms with van der Waals surface area (Å²) >= 11 is 5.83. The number of benzene rings is 3. The van der Waals surface area contributed by atoms with Crippen LogP contribution in [0.25, 0.3) is 11.1 Å². The minimum absolute atomic E-state index is 0.0115. The van der Waals surface area contributed by atoms with Gasteiger partial charge in [0, 0.05) is 11.1 Å². The van der Waals surface area contributed by atoms with Gasteiger partial charge in [-0.2, -0.15) is 0 Å². The zero-order valence-corrected chi connectivity index (χ0v) is 14.3. The Morgan fingerprint density at radius 1 is 0.962 bits per heavy atom. The summed E-state index contributed by atoms with van der Waals surface area (Å²) in [7, 11) is 0. The first-order chi connectivity index (χ1) is 12.5. The lowest BCUT2D eigenvalue weighted by Gasteiger charge is -2.07. The Bertz CT molecular complexity index is 940. The van der Waals surface area contributed by atoms with Crippen molar-refractivity contribution in [2.24, 2.45) is 0 Å². The molecule has 3 aromatic rings. The number of carbonyl (C=O) groups is 1. The Kier molecular flexibility index (Phi) is 5.29. The standard InChI is InChI=1S/C20H14ClNO4/c21-17-10-11-19(22(24)25)18(12-17)20(23)26-13-14-6-8-16(9-7-14)15-4-2-1-3-5-15/h1-12H,13H2. The van der Waals surface area contributed by atoms with Crippen molar-refractivity contribution in [2.45, 2.75) is 6.61 Å². The number of carbonyl (C=O) groups excluding carboxylic acids is 1. The zero-order chi connectivity index (χ0) is 18.5. The number of rotatable bonds is 5. The highest BCUT2D eigenvalue weighted by molar-refractivity contribution is 6.31. The maximum Gasteiger partial charge on any atom is 0.345 e. The third-order valence-electron chi connectivity index (χ3n) is 3.81.